The van der Waals surface area contributed by atoms with E-state index in [9.17, 15) is 8.42 Å². The lowest BCUT2D eigenvalue weighted by Crippen LogP contribution is -2.29. The van der Waals surface area contributed by atoms with Gasteiger partial charge < -0.3 is 5.43 Å². The second kappa shape index (κ2) is 5.64. The fraction of sp³-hybridized carbons (Fsp3) is 0.545. The Morgan fingerprint density at radius 2 is 2.22 bits per heavy atom. The average Bonchev–Trinajstić information content (AvgIpc) is 2.32. The van der Waals surface area contributed by atoms with E-state index in [4.69, 9.17) is 5.84 Å². The van der Waals surface area contributed by atoms with Crippen LogP contribution >= 0.6 is 0 Å². The SMILES string of the molecule is NNc1cccnc1S(=O)(=O)NCCC1CCC1. The number of hydrazine groups is 1. The Morgan fingerprint density at radius 3 is 2.83 bits per heavy atom. The zero-order valence-corrected chi connectivity index (χ0v) is 10.9. The number of nitrogen functional groups attached to an aromatic ring is 1. The smallest absolute Gasteiger partial charge is 0.260 e. The molecule has 0 saturated heterocycles. The summed E-state index contributed by atoms with van der Waals surface area (Å²) in [5.41, 5.74) is 2.64. The summed E-state index contributed by atoms with van der Waals surface area (Å²) < 4.78 is 26.6. The number of rotatable bonds is 6. The van der Waals surface area contributed by atoms with Gasteiger partial charge in [0.2, 0.25) is 0 Å². The van der Waals surface area contributed by atoms with Gasteiger partial charge in [-0.1, -0.05) is 19.3 Å². The predicted molar refractivity (Wildman–Crippen MR) is 69.2 cm³/mol. The molecule has 0 radical (unpaired) electrons. The summed E-state index contributed by atoms with van der Waals surface area (Å²) in [7, 11) is -3.59. The largest absolute Gasteiger partial charge is 0.321 e. The molecule has 0 aromatic carbocycles. The van der Waals surface area contributed by atoms with Gasteiger partial charge in [-0.3, -0.25) is 5.84 Å². The number of nitrogens with zero attached hydrogens (tertiary/aromatic N) is 1. The molecule has 100 valence electrons. The molecule has 1 aromatic rings. The molecule has 1 fully saturated rings. The van der Waals surface area contributed by atoms with Crippen molar-refractivity contribution in [2.75, 3.05) is 12.0 Å². The summed E-state index contributed by atoms with van der Waals surface area (Å²) in [6.45, 7) is 0.452. The van der Waals surface area contributed by atoms with Gasteiger partial charge in [-0.2, -0.15) is 0 Å². The third kappa shape index (κ3) is 2.98. The molecule has 1 aromatic heterocycles. The van der Waals surface area contributed by atoms with Crippen LogP contribution in [0, 0.1) is 5.92 Å². The van der Waals surface area contributed by atoms with Crippen molar-refractivity contribution in [1.29, 1.82) is 0 Å². The molecule has 4 N–H and O–H groups in total. The lowest BCUT2D eigenvalue weighted by atomic mass is 9.83. The molecule has 1 saturated carbocycles. The molecule has 2 rings (SSSR count). The molecule has 18 heavy (non-hydrogen) atoms. The Bertz CT molecular complexity index is 500. The number of nitrogens with one attached hydrogen (secondary N) is 2. The number of aromatic nitrogens is 1. The highest BCUT2D eigenvalue weighted by Crippen LogP contribution is 2.29. The summed E-state index contributed by atoms with van der Waals surface area (Å²) >= 11 is 0. The summed E-state index contributed by atoms with van der Waals surface area (Å²) in [6, 6.07) is 3.20. The van der Waals surface area contributed by atoms with Crippen molar-refractivity contribution < 1.29 is 8.42 Å². The third-order valence-electron chi connectivity index (χ3n) is 3.25. The quantitative estimate of drug-likeness (QED) is 0.525. The Hall–Kier alpha value is -1.18. The van der Waals surface area contributed by atoms with E-state index < -0.39 is 10.0 Å². The third-order valence-corrected chi connectivity index (χ3v) is 4.67. The van der Waals surface area contributed by atoms with Crippen LogP contribution in [0.25, 0.3) is 0 Å². The van der Waals surface area contributed by atoms with Crippen LogP contribution in [-0.2, 0) is 10.0 Å². The first-order valence-corrected chi connectivity index (χ1v) is 7.53. The van der Waals surface area contributed by atoms with Crippen molar-refractivity contribution in [2.24, 2.45) is 11.8 Å². The fourth-order valence-electron chi connectivity index (χ4n) is 1.96. The molecule has 0 unspecified atom stereocenters. The van der Waals surface area contributed by atoms with Crippen LogP contribution in [0.2, 0.25) is 0 Å². The first-order valence-electron chi connectivity index (χ1n) is 6.05. The van der Waals surface area contributed by atoms with Crippen LogP contribution in [0.5, 0.6) is 0 Å². The van der Waals surface area contributed by atoms with E-state index in [0.717, 1.165) is 6.42 Å². The summed E-state index contributed by atoms with van der Waals surface area (Å²) in [5, 5.41) is -0.0545. The fourth-order valence-corrected chi connectivity index (χ4v) is 3.10. The van der Waals surface area contributed by atoms with Crippen LogP contribution in [0.4, 0.5) is 5.69 Å². The van der Waals surface area contributed by atoms with Crippen LogP contribution < -0.4 is 16.0 Å². The van der Waals surface area contributed by atoms with Crippen LogP contribution in [0.15, 0.2) is 23.4 Å². The number of nitrogens with two attached hydrogens (primary N) is 1. The van der Waals surface area contributed by atoms with Gasteiger partial charge in [-0.05, 0) is 24.5 Å². The number of sulfonamides is 1. The maximum Gasteiger partial charge on any atom is 0.260 e. The Balaban J connectivity index is 2.00. The molecule has 0 spiro atoms. The van der Waals surface area contributed by atoms with E-state index in [1.807, 2.05) is 0 Å². The molecule has 0 amide bonds. The molecule has 0 bridgehead atoms. The minimum atomic E-state index is -3.59. The van der Waals surface area contributed by atoms with E-state index in [2.05, 4.69) is 15.1 Å². The van der Waals surface area contributed by atoms with Gasteiger partial charge in [0, 0.05) is 12.7 Å². The van der Waals surface area contributed by atoms with Gasteiger partial charge >= 0.3 is 0 Å². The molecule has 1 aliphatic carbocycles. The van der Waals surface area contributed by atoms with E-state index in [1.165, 1.54) is 25.5 Å². The number of anilines is 1. The maximum absolute atomic E-state index is 12.0. The summed E-state index contributed by atoms with van der Waals surface area (Å²) in [5.74, 6) is 5.94. The number of hydrogen-bond donors (Lipinski definition) is 3. The Kier molecular flexibility index (Phi) is 4.15. The van der Waals surface area contributed by atoms with Gasteiger partial charge in [0.05, 0.1) is 5.69 Å². The van der Waals surface area contributed by atoms with Crippen LogP contribution in [0.1, 0.15) is 25.7 Å². The molecule has 7 heteroatoms. The zero-order valence-electron chi connectivity index (χ0n) is 10.1. The minimum absolute atomic E-state index is 0.0545. The monoisotopic (exact) mass is 270 g/mol. The molecule has 1 heterocycles. The Morgan fingerprint density at radius 1 is 1.44 bits per heavy atom. The Labute approximate surface area is 107 Å². The lowest BCUT2D eigenvalue weighted by molar-refractivity contribution is 0.297. The second-order valence-corrected chi connectivity index (χ2v) is 6.17. The van der Waals surface area contributed by atoms with Gasteiger partial charge in [0.15, 0.2) is 5.03 Å². The normalized spacial score (nSPS) is 16.3. The topological polar surface area (TPSA) is 97.1 Å². The standard InChI is InChI=1S/C11H18N4O2S/c12-15-10-5-2-7-13-11(10)18(16,17)14-8-6-9-3-1-4-9/h2,5,7,9,14-15H,1,3-4,6,8,12H2. The number of pyridine rings is 1. The molecule has 1 aliphatic rings. The summed E-state index contributed by atoms with van der Waals surface area (Å²) in [4.78, 5) is 3.86. The van der Waals surface area contributed by atoms with Crippen molar-refractivity contribution in [2.45, 2.75) is 30.7 Å². The van der Waals surface area contributed by atoms with Crippen molar-refractivity contribution in [3.05, 3.63) is 18.3 Å². The average molecular weight is 270 g/mol. The van der Waals surface area contributed by atoms with Crippen molar-refractivity contribution in [3.63, 3.8) is 0 Å². The molecular weight excluding hydrogens is 252 g/mol. The van der Waals surface area contributed by atoms with Gasteiger partial charge in [-0.15, -0.1) is 0 Å². The molecule has 6 nitrogen and oxygen atoms in total. The van der Waals surface area contributed by atoms with E-state index in [-0.39, 0.29) is 5.03 Å². The van der Waals surface area contributed by atoms with Crippen molar-refractivity contribution >= 4 is 15.7 Å². The molecule has 0 aliphatic heterocycles. The molecular formula is C11H18N4O2S. The first-order chi connectivity index (χ1) is 8.63. The molecule has 0 atom stereocenters. The summed E-state index contributed by atoms with van der Waals surface area (Å²) in [6.07, 6.45) is 6.00. The second-order valence-electron chi connectivity index (χ2n) is 4.48. The van der Waals surface area contributed by atoms with Crippen molar-refractivity contribution in [3.8, 4) is 0 Å². The predicted octanol–water partition coefficient (Wildman–Crippen LogP) is 0.836. The van der Waals surface area contributed by atoms with E-state index in [0.29, 0.717) is 18.2 Å². The van der Waals surface area contributed by atoms with E-state index in [1.54, 1.807) is 12.1 Å². The lowest BCUT2D eigenvalue weighted by Gasteiger charge is -2.25. The van der Waals surface area contributed by atoms with Crippen LogP contribution in [-0.4, -0.2) is 19.9 Å². The number of hydrogen-bond acceptors (Lipinski definition) is 5. The highest BCUT2D eigenvalue weighted by Gasteiger charge is 2.21. The highest BCUT2D eigenvalue weighted by atomic mass is 32.2. The van der Waals surface area contributed by atoms with Crippen LogP contribution in [0.3, 0.4) is 0 Å². The first kappa shape index (κ1) is 13.3. The van der Waals surface area contributed by atoms with Gasteiger partial charge in [-0.25, -0.2) is 18.1 Å². The van der Waals surface area contributed by atoms with Crippen molar-refractivity contribution in [1.82, 2.24) is 9.71 Å². The van der Waals surface area contributed by atoms with Gasteiger partial charge in [0.25, 0.3) is 10.0 Å². The highest BCUT2D eigenvalue weighted by molar-refractivity contribution is 7.89. The minimum Gasteiger partial charge on any atom is -0.321 e. The maximum atomic E-state index is 12.0. The van der Waals surface area contributed by atoms with E-state index >= 15 is 0 Å². The zero-order chi connectivity index (χ0) is 13.0. The van der Waals surface area contributed by atoms with Gasteiger partial charge in [0.1, 0.15) is 0 Å².